The second kappa shape index (κ2) is 7.34. The van der Waals surface area contributed by atoms with Crippen molar-refractivity contribution in [2.24, 2.45) is 0 Å². The number of nitrogens with one attached hydrogen (secondary N) is 1. The molecule has 101 valence electrons. The first-order valence-corrected chi connectivity index (χ1v) is 6.36. The zero-order valence-corrected chi connectivity index (χ0v) is 14.2. The second-order valence-corrected chi connectivity index (χ2v) is 4.47. The number of benzene rings is 2. The molecule has 1 N–H and O–H groups in total. The van der Waals surface area contributed by atoms with Crippen LogP contribution < -0.4 is 5.32 Å². The van der Waals surface area contributed by atoms with Crippen molar-refractivity contribution in [1.82, 2.24) is 10.3 Å². The molecule has 3 nitrogen and oxygen atoms in total. The summed E-state index contributed by atoms with van der Waals surface area (Å²) < 4.78 is 0. The maximum absolute atomic E-state index is 12.1. The van der Waals surface area contributed by atoms with Crippen molar-refractivity contribution in [3.05, 3.63) is 84.7 Å². The van der Waals surface area contributed by atoms with Gasteiger partial charge in [0.15, 0.2) is 0 Å². The van der Waals surface area contributed by atoms with Crippen LogP contribution in [0.25, 0.3) is 10.8 Å². The molecule has 2 aromatic carbocycles. The second-order valence-electron chi connectivity index (χ2n) is 4.47. The number of hydrogen-bond acceptors (Lipinski definition) is 2. The molecule has 0 unspecified atom stereocenters. The third kappa shape index (κ3) is 3.90. The number of rotatable bonds is 3. The van der Waals surface area contributed by atoms with Gasteiger partial charge in [0.2, 0.25) is 5.91 Å². The Kier molecular flexibility index (Phi) is 5.48. The van der Waals surface area contributed by atoms with Crippen LogP contribution in [0.4, 0.5) is 0 Å². The Bertz CT molecular complexity index is 744. The molecule has 0 fully saturated rings. The van der Waals surface area contributed by atoms with E-state index in [4.69, 9.17) is 0 Å². The minimum absolute atomic E-state index is 0. The van der Waals surface area contributed by atoms with Gasteiger partial charge in [-0.1, -0.05) is 18.7 Å². The summed E-state index contributed by atoms with van der Waals surface area (Å²) in [4.78, 5) is 16.2. The molecule has 0 aliphatic rings. The Morgan fingerprint density at radius 3 is 2.62 bits per heavy atom. The summed E-state index contributed by atoms with van der Waals surface area (Å²) in [6.45, 7) is 1.71. The molecule has 1 heterocycles. The Morgan fingerprint density at radius 2 is 1.81 bits per heavy atom. The Hall–Kier alpha value is -1.71. The number of hydrogen-bond donors (Lipinski definition) is 1. The zero-order valence-electron chi connectivity index (χ0n) is 11.4. The molecule has 0 saturated heterocycles. The van der Waals surface area contributed by atoms with E-state index < -0.39 is 0 Å². The maximum Gasteiger partial charge on any atom is 0.244 e. The Balaban J connectivity index is 0.00000161. The molecule has 4 heteroatoms. The van der Waals surface area contributed by atoms with Crippen molar-refractivity contribution in [2.75, 3.05) is 0 Å². The quantitative estimate of drug-likeness (QED) is 0.738. The van der Waals surface area contributed by atoms with Crippen molar-refractivity contribution < 1.29 is 37.5 Å². The van der Waals surface area contributed by atoms with Crippen LogP contribution in [0.1, 0.15) is 15.9 Å². The van der Waals surface area contributed by atoms with E-state index in [1.165, 1.54) is 0 Å². The van der Waals surface area contributed by atoms with Gasteiger partial charge in [-0.3, -0.25) is 9.78 Å². The molecule has 0 bridgehead atoms. The topological polar surface area (TPSA) is 42.0 Å². The van der Waals surface area contributed by atoms with E-state index in [-0.39, 0.29) is 38.6 Å². The SMILES string of the molecule is O=C(N[CH-]c1ccccc1)c1ccc2cnccc2c1.[Y]. The van der Waals surface area contributed by atoms with E-state index in [1.807, 2.05) is 48.5 Å². The molecule has 1 radical (unpaired) electrons. The van der Waals surface area contributed by atoms with Crippen LogP contribution in [0.3, 0.4) is 0 Å². The first-order chi connectivity index (χ1) is 9.83. The van der Waals surface area contributed by atoms with E-state index in [2.05, 4.69) is 10.3 Å². The third-order valence-electron chi connectivity index (χ3n) is 3.07. The average molecular weight is 350 g/mol. The number of aromatic nitrogens is 1. The van der Waals surface area contributed by atoms with Gasteiger partial charge < -0.3 is 5.32 Å². The molecule has 1 amide bonds. The average Bonchev–Trinajstić information content (AvgIpc) is 2.53. The molecule has 21 heavy (non-hydrogen) atoms. The minimum Gasteiger partial charge on any atom is -0.381 e. The van der Waals surface area contributed by atoms with Gasteiger partial charge in [0.1, 0.15) is 0 Å². The molecule has 0 aliphatic heterocycles. The number of fused-ring (bicyclic) bond motifs is 1. The summed E-state index contributed by atoms with van der Waals surface area (Å²) in [5, 5.41) is 4.83. The molecule has 3 aromatic rings. The van der Waals surface area contributed by atoms with Gasteiger partial charge in [-0.2, -0.15) is 17.7 Å². The number of pyridine rings is 1. The normalized spacial score (nSPS) is 9.71. The number of amides is 1. The van der Waals surface area contributed by atoms with Crippen LogP contribution in [0.5, 0.6) is 0 Å². The summed E-state index contributed by atoms with van der Waals surface area (Å²) in [6.07, 6.45) is 3.51. The Labute approximate surface area is 148 Å². The van der Waals surface area contributed by atoms with Crippen LogP contribution in [-0.2, 0) is 32.7 Å². The molecule has 0 spiro atoms. The summed E-state index contributed by atoms with van der Waals surface area (Å²) >= 11 is 0. The van der Waals surface area contributed by atoms with Crippen molar-refractivity contribution in [3.8, 4) is 0 Å². The van der Waals surface area contributed by atoms with E-state index in [9.17, 15) is 4.79 Å². The largest absolute Gasteiger partial charge is 0.381 e. The fraction of sp³-hybridized carbons (Fsp3) is 0. The Morgan fingerprint density at radius 1 is 1.00 bits per heavy atom. The monoisotopic (exact) mass is 350 g/mol. The predicted molar refractivity (Wildman–Crippen MR) is 79.1 cm³/mol. The van der Waals surface area contributed by atoms with Crippen molar-refractivity contribution in [1.29, 1.82) is 0 Å². The molecular formula is C17H13N2OY-. The van der Waals surface area contributed by atoms with Crippen LogP contribution in [0.15, 0.2) is 67.0 Å². The van der Waals surface area contributed by atoms with Crippen molar-refractivity contribution in [2.45, 2.75) is 0 Å². The zero-order chi connectivity index (χ0) is 13.8. The van der Waals surface area contributed by atoms with Gasteiger partial charge in [0, 0.05) is 56.1 Å². The van der Waals surface area contributed by atoms with Gasteiger partial charge in [0.25, 0.3) is 0 Å². The standard InChI is InChI=1S/C17H13N2O.Y/c20-17(19-11-13-4-2-1-3-5-13)15-6-7-16-12-18-9-8-14(16)10-15;/h1-12H,(H,19,20);/q-1;. The van der Waals surface area contributed by atoms with Crippen LogP contribution in [-0.4, -0.2) is 10.9 Å². The summed E-state index contributed by atoms with van der Waals surface area (Å²) in [6, 6.07) is 17.1. The molecular weight excluding hydrogens is 337 g/mol. The predicted octanol–water partition coefficient (Wildman–Crippen LogP) is 3.17. The van der Waals surface area contributed by atoms with Crippen LogP contribution in [0, 0.1) is 6.54 Å². The van der Waals surface area contributed by atoms with Gasteiger partial charge >= 0.3 is 0 Å². The fourth-order valence-electron chi connectivity index (χ4n) is 2.01. The molecule has 3 rings (SSSR count). The molecule has 0 saturated carbocycles. The summed E-state index contributed by atoms with van der Waals surface area (Å²) in [5.41, 5.74) is 1.60. The van der Waals surface area contributed by atoms with Crippen molar-refractivity contribution in [3.63, 3.8) is 0 Å². The summed E-state index contributed by atoms with van der Waals surface area (Å²) in [7, 11) is 0. The molecule has 0 aliphatic carbocycles. The van der Waals surface area contributed by atoms with Crippen molar-refractivity contribution >= 4 is 16.7 Å². The maximum atomic E-state index is 12.1. The molecule has 0 atom stereocenters. The number of carbonyl (C=O) groups is 1. The van der Waals surface area contributed by atoms with Gasteiger partial charge in [-0.25, -0.2) is 0 Å². The van der Waals surface area contributed by atoms with Gasteiger partial charge in [-0.05, 0) is 23.6 Å². The van der Waals surface area contributed by atoms with Crippen LogP contribution >= 0.6 is 0 Å². The first-order valence-electron chi connectivity index (χ1n) is 6.36. The van der Waals surface area contributed by atoms with E-state index in [0.29, 0.717) is 5.56 Å². The molecule has 1 aromatic heterocycles. The fourth-order valence-corrected chi connectivity index (χ4v) is 2.01. The smallest absolute Gasteiger partial charge is 0.244 e. The van der Waals surface area contributed by atoms with Gasteiger partial charge in [-0.15, -0.1) is 12.1 Å². The third-order valence-corrected chi connectivity index (χ3v) is 3.07. The minimum atomic E-state index is -0.118. The van der Waals surface area contributed by atoms with Crippen LogP contribution in [0.2, 0.25) is 0 Å². The van der Waals surface area contributed by atoms with Gasteiger partial charge in [0.05, 0.1) is 0 Å². The van der Waals surface area contributed by atoms with E-state index in [1.54, 1.807) is 25.0 Å². The summed E-state index contributed by atoms with van der Waals surface area (Å²) in [5.74, 6) is -0.118. The number of carbonyl (C=O) groups excluding carboxylic acids is 1. The van der Waals surface area contributed by atoms with E-state index >= 15 is 0 Å². The first kappa shape index (κ1) is 15.7. The van der Waals surface area contributed by atoms with E-state index in [0.717, 1.165) is 16.3 Å². The number of nitrogens with zero attached hydrogens (tertiary/aromatic N) is 1.